The lowest BCUT2D eigenvalue weighted by Gasteiger charge is -2.56. The van der Waals surface area contributed by atoms with Crippen LogP contribution in [0, 0.1) is 35.0 Å². The number of rotatable bonds is 0. The van der Waals surface area contributed by atoms with Gasteiger partial charge in [0, 0.05) is 0 Å². The lowest BCUT2D eigenvalue weighted by atomic mass is 9.49. The van der Waals surface area contributed by atoms with Crippen LogP contribution in [0.1, 0.15) is 72.1 Å². The van der Waals surface area contributed by atoms with Gasteiger partial charge < -0.3 is 5.11 Å². The van der Waals surface area contributed by atoms with E-state index in [2.05, 4.69) is 13.0 Å². The van der Waals surface area contributed by atoms with Crippen molar-refractivity contribution in [1.82, 2.24) is 0 Å². The molecule has 4 rings (SSSR count). The molecule has 0 spiro atoms. The predicted octanol–water partition coefficient (Wildman–Crippen LogP) is 5.28. The highest BCUT2D eigenvalue weighted by Gasteiger charge is 2.58. The van der Waals surface area contributed by atoms with Gasteiger partial charge in [-0.15, -0.1) is 0 Å². The van der Waals surface area contributed by atoms with Gasteiger partial charge in [-0.2, -0.15) is 0 Å². The van der Waals surface area contributed by atoms with Gasteiger partial charge in [0.05, 0.1) is 5.60 Å². The van der Waals surface area contributed by atoms with Gasteiger partial charge >= 0.3 is 0 Å². The lowest BCUT2D eigenvalue weighted by molar-refractivity contribution is -0.0901. The highest BCUT2D eigenvalue weighted by Crippen LogP contribution is 2.64. The quantitative estimate of drug-likeness (QED) is 0.602. The second-order valence-electron chi connectivity index (χ2n) is 9.58. The van der Waals surface area contributed by atoms with Gasteiger partial charge in [-0.1, -0.05) is 13.0 Å². The Kier molecular flexibility index (Phi) is 3.72. The van der Waals surface area contributed by atoms with Crippen molar-refractivity contribution in [2.75, 3.05) is 0 Å². The van der Waals surface area contributed by atoms with E-state index < -0.39 is 11.8 Å². The fraction of sp³-hybridized carbons (Fsp3) is 0.905. The van der Waals surface area contributed by atoms with E-state index in [1.165, 1.54) is 32.1 Å². The Morgan fingerprint density at radius 3 is 2.52 bits per heavy atom. The summed E-state index contributed by atoms with van der Waals surface area (Å²) < 4.78 is 14.6. The van der Waals surface area contributed by atoms with E-state index in [1.54, 1.807) is 0 Å². The number of hydrogen-bond donors (Lipinski definition) is 1. The number of fused-ring (bicyclic) bond motifs is 5. The summed E-state index contributed by atoms with van der Waals surface area (Å²) >= 11 is 0. The Balaban J connectivity index is 1.59. The molecule has 1 nitrogen and oxygen atoms in total. The predicted molar refractivity (Wildman–Crippen MR) is 91.8 cm³/mol. The Morgan fingerprint density at radius 2 is 1.78 bits per heavy atom. The molecule has 0 aromatic heterocycles. The van der Waals surface area contributed by atoms with Crippen molar-refractivity contribution in [3.8, 4) is 0 Å². The zero-order valence-electron chi connectivity index (χ0n) is 15.0. The number of aliphatic hydroxyl groups is 1. The molecule has 0 saturated heterocycles. The number of halogens is 1. The normalized spacial score (nSPS) is 57.7. The highest BCUT2D eigenvalue weighted by molar-refractivity contribution is 5.27. The van der Waals surface area contributed by atoms with Crippen molar-refractivity contribution >= 4 is 0 Å². The van der Waals surface area contributed by atoms with Crippen molar-refractivity contribution in [3.05, 3.63) is 11.6 Å². The maximum atomic E-state index is 14.6. The topological polar surface area (TPSA) is 20.2 Å². The Morgan fingerprint density at radius 1 is 1.04 bits per heavy atom. The van der Waals surface area contributed by atoms with Gasteiger partial charge in [-0.3, -0.25) is 0 Å². The zero-order chi connectivity index (χ0) is 16.4. The minimum absolute atomic E-state index is 0.127. The molecule has 0 radical (unpaired) electrons. The lowest BCUT2D eigenvalue weighted by Crippen LogP contribution is -2.49. The van der Waals surface area contributed by atoms with E-state index >= 15 is 0 Å². The fourth-order valence-electron chi connectivity index (χ4n) is 7.41. The van der Waals surface area contributed by atoms with E-state index in [4.69, 9.17) is 0 Å². The average Bonchev–Trinajstić information content (AvgIpc) is 2.75. The first kappa shape index (κ1) is 16.1. The third-order valence-corrected chi connectivity index (χ3v) is 8.40. The van der Waals surface area contributed by atoms with Crippen molar-refractivity contribution < 1.29 is 9.50 Å². The summed E-state index contributed by atoms with van der Waals surface area (Å²) in [6, 6.07) is 0. The van der Waals surface area contributed by atoms with Gasteiger partial charge in [0.1, 0.15) is 6.17 Å². The monoisotopic (exact) mass is 320 g/mol. The number of allylic oxidation sites excluding steroid dienone is 2. The van der Waals surface area contributed by atoms with Gasteiger partial charge in [0.2, 0.25) is 0 Å². The minimum atomic E-state index is -0.696. The molecule has 130 valence electrons. The number of hydrogen-bond acceptors (Lipinski definition) is 1. The first-order valence-corrected chi connectivity index (χ1v) is 9.89. The van der Waals surface area contributed by atoms with Crippen LogP contribution in [0.25, 0.3) is 0 Å². The standard InChI is InChI=1S/C21H33FO/c1-4-17-19(22)11-18-16-6-5-13-12-20(2,23)9-7-14(13)15(16)8-10-21(17,18)3/h4,13-16,18-19,23H,5-12H2,1-3H3/t13-,14+,15-,16-,18+,19-,20-,21-/m1/s1. The minimum Gasteiger partial charge on any atom is -0.390 e. The summed E-state index contributed by atoms with van der Waals surface area (Å²) in [5.74, 6) is 3.60. The number of alkyl halides is 1. The summed E-state index contributed by atoms with van der Waals surface area (Å²) in [7, 11) is 0. The molecule has 23 heavy (non-hydrogen) atoms. The zero-order valence-corrected chi connectivity index (χ0v) is 15.0. The average molecular weight is 320 g/mol. The van der Waals surface area contributed by atoms with Crippen LogP contribution in [-0.2, 0) is 0 Å². The van der Waals surface area contributed by atoms with E-state index in [-0.39, 0.29) is 5.41 Å². The molecule has 4 aliphatic carbocycles. The van der Waals surface area contributed by atoms with E-state index in [0.717, 1.165) is 42.6 Å². The van der Waals surface area contributed by atoms with Gasteiger partial charge in [0.15, 0.2) is 0 Å². The van der Waals surface area contributed by atoms with E-state index in [0.29, 0.717) is 11.8 Å². The molecular formula is C21H33FO. The summed E-state index contributed by atoms with van der Waals surface area (Å²) in [6.07, 6.45) is 10.3. The molecule has 8 atom stereocenters. The van der Waals surface area contributed by atoms with Crippen molar-refractivity contribution in [2.45, 2.75) is 83.9 Å². The SMILES string of the molecule is CC=C1[C@H](F)C[C@H]2[C@@H]3CC[C@@H]4C[C@](C)(O)CC[C@@H]4[C@H]3CC[C@]12C. The Bertz CT molecular complexity index is 510. The van der Waals surface area contributed by atoms with Crippen LogP contribution < -0.4 is 0 Å². The van der Waals surface area contributed by atoms with Crippen LogP contribution in [0.5, 0.6) is 0 Å². The van der Waals surface area contributed by atoms with Crippen LogP contribution >= 0.6 is 0 Å². The molecule has 0 aliphatic heterocycles. The van der Waals surface area contributed by atoms with E-state index in [9.17, 15) is 9.50 Å². The summed E-state index contributed by atoms with van der Waals surface area (Å²) in [5.41, 5.74) is 0.796. The first-order valence-electron chi connectivity index (χ1n) is 9.89. The summed E-state index contributed by atoms with van der Waals surface area (Å²) in [4.78, 5) is 0. The second-order valence-corrected chi connectivity index (χ2v) is 9.58. The van der Waals surface area contributed by atoms with Crippen LogP contribution in [0.15, 0.2) is 11.6 Å². The van der Waals surface area contributed by atoms with Crippen molar-refractivity contribution in [1.29, 1.82) is 0 Å². The fourth-order valence-corrected chi connectivity index (χ4v) is 7.41. The first-order chi connectivity index (χ1) is 10.9. The molecule has 0 bridgehead atoms. The van der Waals surface area contributed by atoms with Crippen LogP contribution in [0.2, 0.25) is 0 Å². The molecule has 0 aromatic carbocycles. The molecule has 0 amide bonds. The molecule has 4 saturated carbocycles. The summed E-state index contributed by atoms with van der Waals surface area (Å²) in [6.45, 7) is 6.40. The molecule has 4 fully saturated rings. The third kappa shape index (κ3) is 2.34. The molecule has 1 N–H and O–H groups in total. The van der Waals surface area contributed by atoms with E-state index in [1.807, 2.05) is 13.8 Å². The van der Waals surface area contributed by atoms with Gasteiger partial charge in [-0.25, -0.2) is 4.39 Å². The van der Waals surface area contributed by atoms with Gasteiger partial charge in [-0.05, 0) is 106 Å². The molecular weight excluding hydrogens is 287 g/mol. The molecule has 0 heterocycles. The van der Waals surface area contributed by atoms with Crippen LogP contribution in [0.4, 0.5) is 4.39 Å². The van der Waals surface area contributed by atoms with Crippen molar-refractivity contribution in [3.63, 3.8) is 0 Å². The molecule has 2 heteroatoms. The smallest absolute Gasteiger partial charge is 0.122 e. The van der Waals surface area contributed by atoms with Crippen LogP contribution in [-0.4, -0.2) is 16.9 Å². The van der Waals surface area contributed by atoms with Crippen molar-refractivity contribution in [2.24, 2.45) is 35.0 Å². The largest absolute Gasteiger partial charge is 0.390 e. The summed E-state index contributed by atoms with van der Waals surface area (Å²) in [5, 5.41) is 10.4. The third-order valence-electron chi connectivity index (χ3n) is 8.40. The second kappa shape index (κ2) is 5.31. The Labute approximate surface area is 140 Å². The molecule has 0 unspecified atom stereocenters. The molecule has 0 aromatic rings. The highest BCUT2D eigenvalue weighted by atomic mass is 19.1. The maximum Gasteiger partial charge on any atom is 0.122 e. The molecule has 4 aliphatic rings. The van der Waals surface area contributed by atoms with Gasteiger partial charge in [0.25, 0.3) is 0 Å². The van der Waals surface area contributed by atoms with Crippen LogP contribution in [0.3, 0.4) is 0 Å². The maximum absolute atomic E-state index is 14.6. The Hall–Kier alpha value is -0.370.